The summed E-state index contributed by atoms with van der Waals surface area (Å²) in [7, 11) is 0. The molecule has 0 radical (unpaired) electrons. The van der Waals surface area contributed by atoms with Gasteiger partial charge in [0.05, 0.1) is 29.4 Å². The van der Waals surface area contributed by atoms with Crippen LogP contribution in [0.4, 0.5) is 10.1 Å². The van der Waals surface area contributed by atoms with E-state index in [1.54, 1.807) is 6.07 Å². The molecule has 0 bridgehead atoms. The fourth-order valence-corrected chi connectivity index (χ4v) is 5.17. The van der Waals surface area contributed by atoms with E-state index in [1.165, 1.54) is 12.1 Å². The number of carboxylic acid groups (broad SMARTS) is 1. The van der Waals surface area contributed by atoms with Gasteiger partial charge in [0.2, 0.25) is 0 Å². The summed E-state index contributed by atoms with van der Waals surface area (Å²) in [5.74, 6) is 0.808. The van der Waals surface area contributed by atoms with Gasteiger partial charge in [-0.05, 0) is 30.7 Å². The van der Waals surface area contributed by atoms with Crippen LogP contribution in [0.5, 0.6) is 11.5 Å². The number of nitrogens with one attached hydrogen (secondary N) is 1. The van der Waals surface area contributed by atoms with E-state index in [9.17, 15) is 14.3 Å². The van der Waals surface area contributed by atoms with Gasteiger partial charge in [-0.2, -0.15) is 0 Å². The minimum absolute atomic E-state index is 0. The molecule has 9 heteroatoms. The number of benzene rings is 3. The molecule has 6 rings (SSSR count). The number of hydrogen-bond donors (Lipinski definition) is 1. The Morgan fingerprint density at radius 2 is 1.97 bits per heavy atom. The van der Waals surface area contributed by atoms with Crippen molar-refractivity contribution in [3.63, 3.8) is 0 Å². The number of halogens is 1. The second kappa shape index (κ2) is 10.0. The van der Waals surface area contributed by atoms with Crippen molar-refractivity contribution < 1.29 is 53.3 Å². The van der Waals surface area contributed by atoms with Crippen LogP contribution in [0.1, 0.15) is 55.1 Å². The SMILES string of the molecule is CC(C)c1nc2ccc(F)cc2n1-c1cccc2c1OC[C@H]2Nc1ccc2c(c1)OC[C@H]2CC(=O)[O-].[Na+]. The molecule has 0 fully saturated rings. The molecule has 0 spiro atoms. The smallest absolute Gasteiger partial charge is 0.550 e. The number of carboxylic acids is 1. The predicted molar refractivity (Wildman–Crippen MR) is 131 cm³/mol. The van der Waals surface area contributed by atoms with Crippen LogP contribution in [0.25, 0.3) is 16.7 Å². The summed E-state index contributed by atoms with van der Waals surface area (Å²) in [6.07, 6.45) is -0.0579. The van der Waals surface area contributed by atoms with Gasteiger partial charge in [0, 0.05) is 46.8 Å². The van der Waals surface area contributed by atoms with E-state index < -0.39 is 5.97 Å². The average Bonchev–Trinajstić information content (AvgIpc) is 3.54. The van der Waals surface area contributed by atoms with E-state index in [0.717, 1.165) is 39.6 Å². The minimum Gasteiger partial charge on any atom is -0.550 e. The molecule has 184 valence electrons. The first-order chi connectivity index (χ1) is 17.4. The molecule has 0 saturated carbocycles. The molecule has 3 heterocycles. The van der Waals surface area contributed by atoms with Gasteiger partial charge >= 0.3 is 29.6 Å². The maximum Gasteiger partial charge on any atom is 1.00 e. The van der Waals surface area contributed by atoms with E-state index >= 15 is 0 Å². The summed E-state index contributed by atoms with van der Waals surface area (Å²) in [6, 6.07) is 16.2. The number of aromatic nitrogens is 2. The molecule has 2 atom stereocenters. The number of carbonyl (C=O) groups excluding carboxylic acids is 1. The number of imidazole rings is 1. The fraction of sp³-hybridized carbons (Fsp3) is 0.286. The Bertz CT molecular complexity index is 1500. The third-order valence-electron chi connectivity index (χ3n) is 6.84. The zero-order chi connectivity index (χ0) is 25.0. The second-order valence-corrected chi connectivity index (χ2v) is 9.63. The zero-order valence-electron chi connectivity index (χ0n) is 21.0. The molecular weight excluding hydrogens is 484 g/mol. The molecular formula is C28H25FN3NaO4. The third kappa shape index (κ3) is 4.58. The number of ether oxygens (including phenoxy) is 2. The number of anilines is 1. The van der Waals surface area contributed by atoms with Gasteiger partial charge in [0.15, 0.2) is 0 Å². The van der Waals surface area contributed by atoms with Gasteiger partial charge in [-0.15, -0.1) is 0 Å². The summed E-state index contributed by atoms with van der Waals surface area (Å²) < 4.78 is 28.1. The van der Waals surface area contributed by atoms with Gasteiger partial charge in [0.25, 0.3) is 0 Å². The van der Waals surface area contributed by atoms with Crippen molar-refractivity contribution in [2.75, 3.05) is 18.5 Å². The Hall–Kier alpha value is -3.07. The first-order valence-corrected chi connectivity index (χ1v) is 12.1. The van der Waals surface area contributed by atoms with Crippen LogP contribution in [0, 0.1) is 5.82 Å². The van der Waals surface area contributed by atoms with Crippen molar-refractivity contribution >= 4 is 22.7 Å². The van der Waals surface area contributed by atoms with Crippen LogP contribution in [0.15, 0.2) is 54.6 Å². The number of fused-ring (bicyclic) bond motifs is 3. The molecule has 4 aromatic rings. The zero-order valence-corrected chi connectivity index (χ0v) is 23.0. The molecule has 7 nitrogen and oxygen atoms in total. The van der Waals surface area contributed by atoms with E-state index in [1.807, 2.05) is 41.0 Å². The van der Waals surface area contributed by atoms with Crippen molar-refractivity contribution in [3.8, 4) is 17.2 Å². The molecule has 0 saturated heterocycles. The van der Waals surface area contributed by atoms with Gasteiger partial charge in [-0.1, -0.05) is 32.0 Å². The predicted octanol–water partition coefficient (Wildman–Crippen LogP) is 1.45. The summed E-state index contributed by atoms with van der Waals surface area (Å²) >= 11 is 0. The standard InChI is InChI=1S/C28H26FN3O4.Na/c1-15(2)28-31-21-9-6-17(29)11-24(21)32(28)23-5-3-4-20-22(14-36-27(20)23)30-18-7-8-19-16(10-26(33)34)13-35-25(19)12-18;/h3-9,11-12,15-16,22,30H,10,13-14H2,1-2H3,(H,33,34);/q;+1/p-1/t16-,22-;/m1./s1. The summed E-state index contributed by atoms with van der Waals surface area (Å²) in [5, 5.41) is 14.5. The maximum absolute atomic E-state index is 14.2. The Balaban J connectivity index is 0.00000280. The minimum atomic E-state index is -1.08. The third-order valence-corrected chi connectivity index (χ3v) is 6.84. The Morgan fingerprint density at radius 1 is 1.14 bits per heavy atom. The van der Waals surface area contributed by atoms with Crippen LogP contribution < -0.4 is 49.5 Å². The summed E-state index contributed by atoms with van der Waals surface area (Å²) in [6.45, 7) is 4.89. The maximum atomic E-state index is 14.2. The first-order valence-electron chi connectivity index (χ1n) is 12.1. The largest absolute Gasteiger partial charge is 1.00 e. The molecule has 1 N–H and O–H groups in total. The van der Waals surface area contributed by atoms with Crippen LogP contribution in [-0.2, 0) is 4.79 Å². The number of aliphatic carboxylic acids is 1. The van der Waals surface area contributed by atoms with Crippen molar-refractivity contribution in [1.82, 2.24) is 9.55 Å². The quantitative estimate of drug-likeness (QED) is 0.396. The van der Waals surface area contributed by atoms with Gasteiger partial charge < -0.3 is 24.7 Å². The molecule has 1 aromatic heterocycles. The molecule has 0 unspecified atom stereocenters. The van der Waals surface area contributed by atoms with Crippen LogP contribution in [0.3, 0.4) is 0 Å². The topological polar surface area (TPSA) is 88.4 Å². The second-order valence-electron chi connectivity index (χ2n) is 9.63. The number of hydrogen-bond acceptors (Lipinski definition) is 6. The number of nitrogens with zero attached hydrogens (tertiary/aromatic N) is 2. The Kier molecular flexibility index (Phi) is 6.91. The van der Waals surface area contributed by atoms with E-state index in [0.29, 0.717) is 24.5 Å². The van der Waals surface area contributed by atoms with Crippen molar-refractivity contribution in [3.05, 3.63) is 77.4 Å². The van der Waals surface area contributed by atoms with E-state index in [-0.39, 0.29) is 59.7 Å². The summed E-state index contributed by atoms with van der Waals surface area (Å²) in [4.78, 5) is 15.8. The molecule has 0 aliphatic carbocycles. The average molecular weight is 510 g/mol. The Labute approximate surface area is 235 Å². The van der Waals surface area contributed by atoms with Crippen molar-refractivity contribution in [2.45, 2.75) is 38.1 Å². The molecule has 0 amide bonds. The van der Waals surface area contributed by atoms with Gasteiger partial charge in [0.1, 0.15) is 29.7 Å². The normalized spacial score (nSPS) is 17.6. The summed E-state index contributed by atoms with van der Waals surface area (Å²) in [5.41, 5.74) is 5.01. The molecule has 2 aliphatic rings. The monoisotopic (exact) mass is 509 g/mol. The number of carbonyl (C=O) groups is 1. The van der Waals surface area contributed by atoms with Gasteiger partial charge in [-0.3, -0.25) is 4.57 Å². The number of para-hydroxylation sites is 1. The van der Waals surface area contributed by atoms with Crippen LogP contribution >= 0.6 is 0 Å². The molecule has 2 aliphatic heterocycles. The van der Waals surface area contributed by atoms with E-state index in [2.05, 4.69) is 19.2 Å². The van der Waals surface area contributed by atoms with Crippen molar-refractivity contribution in [2.24, 2.45) is 0 Å². The van der Waals surface area contributed by atoms with Gasteiger partial charge in [-0.25, -0.2) is 9.37 Å². The van der Waals surface area contributed by atoms with E-state index in [4.69, 9.17) is 14.5 Å². The number of rotatable bonds is 6. The fourth-order valence-electron chi connectivity index (χ4n) is 5.17. The molecule has 3 aromatic carbocycles. The first kappa shape index (κ1) is 25.6. The molecule has 37 heavy (non-hydrogen) atoms. The van der Waals surface area contributed by atoms with Crippen LogP contribution in [-0.4, -0.2) is 28.7 Å². The van der Waals surface area contributed by atoms with Crippen molar-refractivity contribution in [1.29, 1.82) is 0 Å². The van der Waals surface area contributed by atoms with Crippen LogP contribution in [0.2, 0.25) is 0 Å². The Morgan fingerprint density at radius 3 is 2.76 bits per heavy atom.